The van der Waals surface area contributed by atoms with Crippen molar-refractivity contribution in [2.45, 2.75) is 36.7 Å². The molecule has 0 aromatic heterocycles. The molecule has 1 aromatic rings. The number of rotatable bonds is 3. The highest BCUT2D eigenvalue weighted by atomic mass is 35.7. The molecule has 7 heteroatoms. The average Bonchev–Trinajstić information content (AvgIpc) is 2.76. The SMILES string of the molecule is O=S(=O)(Cl)c1ccc(OC2CCCC2)c(F)c1F. The van der Waals surface area contributed by atoms with Gasteiger partial charge in [-0.2, -0.15) is 4.39 Å². The minimum Gasteiger partial charge on any atom is -0.487 e. The standard InChI is InChI=1S/C11H11ClF2O3S/c12-18(15,16)9-6-5-8(10(13)11(9)14)17-7-3-1-2-4-7/h5-7H,1-4H2. The molecule has 0 spiro atoms. The van der Waals surface area contributed by atoms with Crippen LogP contribution in [0.3, 0.4) is 0 Å². The van der Waals surface area contributed by atoms with Gasteiger partial charge in [0, 0.05) is 10.7 Å². The first kappa shape index (κ1) is 13.5. The van der Waals surface area contributed by atoms with Crippen LogP contribution in [0, 0.1) is 11.6 Å². The number of halogens is 3. The van der Waals surface area contributed by atoms with E-state index in [-0.39, 0.29) is 11.9 Å². The molecule has 1 aliphatic carbocycles. The molecule has 0 bridgehead atoms. The Morgan fingerprint density at radius 1 is 1.17 bits per heavy atom. The molecule has 0 atom stereocenters. The van der Waals surface area contributed by atoms with E-state index in [0.29, 0.717) is 0 Å². The molecule has 0 aliphatic heterocycles. The Kier molecular flexibility index (Phi) is 3.77. The second-order valence-corrected chi connectivity index (χ2v) is 6.69. The van der Waals surface area contributed by atoms with Gasteiger partial charge < -0.3 is 4.74 Å². The average molecular weight is 297 g/mol. The maximum atomic E-state index is 13.6. The highest BCUT2D eigenvalue weighted by molar-refractivity contribution is 8.13. The molecule has 0 amide bonds. The van der Waals surface area contributed by atoms with Crippen molar-refractivity contribution in [1.29, 1.82) is 0 Å². The third-order valence-electron chi connectivity index (χ3n) is 2.87. The fourth-order valence-corrected chi connectivity index (χ4v) is 2.87. The largest absolute Gasteiger partial charge is 0.487 e. The van der Waals surface area contributed by atoms with E-state index in [1.54, 1.807) is 0 Å². The van der Waals surface area contributed by atoms with Gasteiger partial charge in [0.25, 0.3) is 9.05 Å². The summed E-state index contributed by atoms with van der Waals surface area (Å²) in [5.74, 6) is -3.09. The Labute approximate surface area is 108 Å². The van der Waals surface area contributed by atoms with Crippen molar-refractivity contribution in [3.8, 4) is 5.75 Å². The maximum absolute atomic E-state index is 13.6. The molecule has 0 radical (unpaired) electrons. The van der Waals surface area contributed by atoms with Crippen LogP contribution in [0.15, 0.2) is 17.0 Å². The molecule has 0 saturated heterocycles. The predicted octanol–water partition coefficient (Wildman–Crippen LogP) is 3.21. The van der Waals surface area contributed by atoms with E-state index < -0.39 is 25.6 Å². The number of hydrogen-bond donors (Lipinski definition) is 0. The highest BCUT2D eigenvalue weighted by Gasteiger charge is 2.24. The second-order valence-electron chi connectivity index (χ2n) is 4.15. The first-order chi connectivity index (χ1) is 8.39. The van der Waals surface area contributed by atoms with E-state index >= 15 is 0 Å². The van der Waals surface area contributed by atoms with Crippen molar-refractivity contribution < 1.29 is 21.9 Å². The Hall–Kier alpha value is -0.880. The van der Waals surface area contributed by atoms with E-state index in [2.05, 4.69) is 0 Å². The second kappa shape index (κ2) is 5.01. The van der Waals surface area contributed by atoms with E-state index in [1.807, 2.05) is 0 Å². The van der Waals surface area contributed by atoms with Crippen molar-refractivity contribution in [2.75, 3.05) is 0 Å². The molecule has 2 rings (SSSR count). The highest BCUT2D eigenvalue weighted by Crippen LogP contribution is 2.30. The Bertz CT molecular complexity index is 554. The smallest absolute Gasteiger partial charge is 0.264 e. The van der Waals surface area contributed by atoms with Crippen LogP contribution in [0.4, 0.5) is 8.78 Å². The van der Waals surface area contributed by atoms with Crippen LogP contribution in [0.2, 0.25) is 0 Å². The van der Waals surface area contributed by atoms with Gasteiger partial charge in [0.1, 0.15) is 4.90 Å². The fraction of sp³-hybridized carbons (Fsp3) is 0.455. The van der Waals surface area contributed by atoms with E-state index in [1.165, 1.54) is 0 Å². The van der Waals surface area contributed by atoms with Crippen LogP contribution in [0.5, 0.6) is 5.75 Å². The van der Waals surface area contributed by atoms with Crippen molar-refractivity contribution in [3.63, 3.8) is 0 Å². The van der Waals surface area contributed by atoms with Crippen molar-refractivity contribution in [3.05, 3.63) is 23.8 Å². The van der Waals surface area contributed by atoms with Gasteiger partial charge in [-0.25, -0.2) is 12.8 Å². The summed E-state index contributed by atoms with van der Waals surface area (Å²) < 4.78 is 54.4. The third-order valence-corrected chi connectivity index (χ3v) is 4.21. The van der Waals surface area contributed by atoms with Crippen molar-refractivity contribution in [2.24, 2.45) is 0 Å². The van der Waals surface area contributed by atoms with Crippen LogP contribution in [-0.4, -0.2) is 14.5 Å². The molecule has 1 fully saturated rings. The zero-order valence-electron chi connectivity index (χ0n) is 9.33. The summed E-state index contributed by atoms with van der Waals surface area (Å²) in [7, 11) is 0.685. The predicted molar refractivity (Wildman–Crippen MR) is 62.3 cm³/mol. The summed E-state index contributed by atoms with van der Waals surface area (Å²) in [6, 6.07) is 2.00. The lowest BCUT2D eigenvalue weighted by atomic mass is 10.3. The van der Waals surface area contributed by atoms with Gasteiger partial charge in [-0.3, -0.25) is 0 Å². The molecule has 100 valence electrons. The van der Waals surface area contributed by atoms with Crippen LogP contribution < -0.4 is 4.74 Å². The van der Waals surface area contributed by atoms with Crippen LogP contribution >= 0.6 is 10.7 Å². The summed E-state index contributed by atoms with van der Waals surface area (Å²) in [6.45, 7) is 0. The van der Waals surface area contributed by atoms with Gasteiger partial charge in [0.2, 0.25) is 5.82 Å². The summed E-state index contributed by atoms with van der Waals surface area (Å²) in [5, 5.41) is 0. The summed E-state index contributed by atoms with van der Waals surface area (Å²) in [5.41, 5.74) is 0. The Morgan fingerprint density at radius 2 is 1.78 bits per heavy atom. The number of hydrogen-bond acceptors (Lipinski definition) is 3. The van der Waals surface area contributed by atoms with Gasteiger partial charge in [-0.1, -0.05) is 0 Å². The molecule has 3 nitrogen and oxygen atoms in total. The Morgan fingerprint density at radius 3 is 2.33 bits per heavy atom. The lowest BCUT2D eigenvalue weighted by molar-refractivity contribution is 0.197. The summed E-state index contributed by atoms with van der Waals surface area (Å²) >= 11 is 0. The zero-order valence-corrected chi connectivity index (χ0v) is 10.9. The molecule has 1 aromatic carbocycles. The molecule has 0 N–H and O–H groups in total. The van der Waals surface area contributed by atoms with E-state index in [4.69, 9.17) is 15.4 Å². The fourth-order valence-electron chi connectivity index (χ4n) is 1.98. The van der Waals surface area contributed by atoms with Crippen LogP contribution in [0.1, 0.15) is 25.7 Å². The molecule has 18 heavy (non-hydrogen) atoms. The lowest BCUT2D eigenvalue weighted by Crippen LogP contribution is -2.13. The number of benzene rings is 1. The van der Waals surface area contributed by atoms with Gasteiger partial charge in [0.15, 0.2) is 11.6 Å². The molecular weight excluding hydrogens is 286 g/mol. The van der Waals surface area contributed by atoms with Gasteiger partial charge in [-0.05, 0) is 37.8 Å². The Balaban J connectivity index is 2.31. The van der Waals surface area contributed by atoms with Gasteiger partial charge in [-0.15, -0.1) is 0 Å². The molecule has 1 saturated carbocycles. The zero-order chi connectivity index (χ0) is 13.3. The van der Waals surface area contributed by atoms with Crippen molar-refractivity contribution >= 4 is 19.7 Å². The molecule has 1 aliphatic rings. The molecular formula is C11H11ClF2O3S. The monoisotopic (exact) mass is 296 g/mol. The topological polar surface area (TPSA) is 43.4 Å². The summed E-state index contributed by atoms with van der Waals surface area (Å²) in [4.78, 5) is -0.875. The number of ether oxygens (including phenoxy) is 1. The van der Waals surface area contributed by atoms with Gasteiger partial charge >= 0.3 is 0 Å². The normalized spacial score (nSPS) is 17.1. The minimum atomic E-state index is -4.30. The van der Waals surface area contributed by atoms with Crippen LogP contribution in [0.25, 0.3) is 0 Å². The first-order valence-electron chi connectivity index (χ1n) is 5.49. The van der Waals surface area contributed by atoms with Crippen molar-refractivity contribution in [1.82, 2.24) is 0 Å². The molecule has 0 unspecified atom stereocenters. The van der Waals surface area contributed by atoms with E-state index in [0.717, 1.165) is 37.8 Å². The summed E-state index contributed by atoms with van der Waals surface area (Å²) in [6.07, 6.45) is 3.41. The first-order valence-corrected chi connectivity index (χ1v) is 7.80. The van der Waals surface area contributed by atoms with E-state index in [9.17, 15) is 17.2 Å². The third kappa shape index (κ3) is 2.75. The maximum Gasteiger partial charge on any atom is 0.264 e. The molecule has 0 heterocycles. The minimum absolute atomic E-state index is 0.141. The quantitative estimate of drug-likeness (QED) is 0.804. The van der Waals surface area contributed by atoms with Gasteiger partial charge in [0.05, 0.1) is 6.10 Å². The lowest BCUT2D eigenvalue weighted by Gasteiger charge is -2.14. The van der Waals surface area contributed by atoms with Crippen LogP contribution in [-0.2, 0) is 9.05 Å².